The zero-order valence-corrected chi connectivity index (χ0v) is 17.5. The van der Waals surface area contributed by atoms with Crippen molar-refractivity contribution in [3.63, 3.8) is 0 Å². The standard InChI is InChI=1S/C18H30N4O.HI/c1-5-7-12-20-18(19-4)21-13-15-8-10-16(11-9-15)17(23)22-14(3)6-2;/h8-11,14H,5-7,12-13H2,1-4H3,(H,22,23)(H2,19,20,21);1H. The molecule has 1 aromatic rings. The Morgan fingerprint density at radius 1 is 1.17 bits per heavy atom. The number of carbonyl (C=O) groups is 1. The first-order chi connectivity index (χ1) is 11.1. The zero-order chi connectivity index (χ0) is 17.1. The van der Waals surface area contributed by atoms with Crippen LogP contribution in [0.2, 0.25) is 0 Å². The Kier molecular flexibility index (Phi) is 12.3. The van der Waals surface area contributed by atoms with Crippen molar-refractivity contribution in [2.75, 3.05) is 13.6 Å². The number of halogens is 1. The molecule has 3 N–H and O–H groups in total. The summed E-state index contributed by atoms with van der Waals surface area (Å²) in [6, 6.07) is 7.86. The quantitative estimate of drug-likeness (QED) is 0.249. The average Bonchev–Trinajstić information content (AvgIpc) is 2.58. The van der Waals surface area contributed by atoms with E-state index in [-0.39, 0.29) is 35.9 Å². The second kappa shape index (κ2) is 13.0. The van der Waals surface area contributed by atoms with Crippen LogP contribution in [0.15, 0.2) is 29.3 Å². The van der Waals surface area contributed by atoms with E-state index >= 15 is 0 Å². The van der Waals surface area contributed by atoms with Crippen LogP contribution in [0.5, 0.6) is 0 Å². The fourth-order valence-corrected chi connectivity index (χ4v) is 1.97. The highest BCUT2D eigenvalue weighted by atomic mass is 127. The van der Waals surface area contributed by atoms with Crippen molar-refractivity contribution in [2.24, 2.45) is 4.99 Å². The third kappa shape index (κ3) is 8.52. The van der Waals surface area contributed by atoms with Gasteiger partial charge in [0.2, 0.25) is 0 Å². The van der Waals surface area contributed by atoms with Crippen molar-refractivity contribution in [3.05, 3.63) is 35.4 Å². The molecule has 0 aliphatic heterocycles. The maximum atomic E-state index is 12.0. The summed E-state index contributed by atoms with van der Waals surface area (Å²) in [6.45, 7) is 7.83. The first-order valence-electron chi connectivity index (χ1n) is 8.45. The zero-order valence-electron chi connectivity index (χ0n) is 15.2. The van der Waals surface area contributed by atoms with Gasteiger partial charge in [0.05, 0.1) is 0 Å². The number of benzene rings is 1. The molecule has 0 saturated heterocycles. The smallest absolute Gasteiger partial charge is 0.251 e. The number of aliphatic imine (C=N–C) groups is 1. The molecule has 136 valence electrons. The molecule has 0 aromatic heterocycles. The van der Waals surface area contributed by atoms with Gasteiger partial charge < -0.3 is 16.0 Å². The summed E-state index contributed by atoms with van der Waals surface area (Å²) in [6.07, 6.45) is 3.21. The Balaban J connectivity index is 0.00000529. The van der Waals surface area contributed by atoms with Crippen molar-refractivity contribution in [1.29, 1.82) is 0 Å². The summed E-state index contributed by atoms with van der Waals surface area (Å²) in [5, 5.41) is 9.52. The number of nitrogens with one attached hydrogen (secondary N) is 3. The number of hydrogen-bond acceptors (Lipinski definition) is 2. The summed E-state index contributed by atoms with van der Waals surface area (Å²) in [4.78, 5) is 16.2. The summed E-state index contributed by atoms with van der Waals surface area (Å²) in [5.74, 6) is 0.785. The number of unbranched alkanes of at least 4 members (excludes halogenated alkanes) is 1. The molecule has 0 aliphatic carbocycles. The van der Waals surface area contributed by atoms with Crippen molar-refractivity contribution in [2.45, 2.75) is 52.6 Å². The minimum absolute atomic E-state index is 0. The molecule has 0 saturated carbocycles. The molecule has 1 atom stereocenters. The van der Waals surface area contributed by atoms with Gasteiger partial charge in [-0.2, -0.15) is 0 Å². The molecule has 0 aliphatic rings. The van der Waals surface area contributed by atoms with Gasteiger partial charge in [-0.15, -0.1) is 24.0 Å². The molecule has 1 unspecified atom stereocenters. The van der Waals surface area contributed by atoms with Gasteiger partial charge in [0.1, 0.15) is 0 Å². The largest absolute Gasteiger partial charge is 0.356 e. The minimum atomic E-state index is -0.0177. The number of carbonyl (C=O) groups excluding carboxylic acids is 1. The highest BCUT2D eigenvalue weighted by Gasteiger charge is 2.08. The van der Waals surface area contributed by atoms with Crippen molar-refractivity contribution < 1.29 is 4.79 Å². The van der Waals surface area contributed by atoms with E-state index in [0.717, 1.165) is 37.3 Å². The predicted octanol–water partition coefficient (Wildman–Crippen LogP) is 3.30. The number of nitrogens with zero attached hydrogens (tertiary/aromatic N) is 1. The lowest BCUT2D eigenvalue weighted by Gasteiger charge is -2.13. The molecule has 0 bridgehead atoms. The molecule has 1 aromatic carbocycles. The number of hydrogen-bond donors (Lipinski definition) is 3. The molecule has 5 nitrogen and oxygen atoms in total. The summed E-state index contributed by atoms with van der Waals surface area (Å²) in [7, 11) is 1.77. The second-order valence-electron chi connectivity index (χ2n) is 5.69. The third-order valence-corrected chi connectivity index (χ3v) is 3.71. The van der Waals surface area contributed by atoms with Crippen LogP contribution in [-0.4, -0.2) is 31.5 Å². The van der Waals surface area contributed by atoms with Crippen LogP contribution in [-0.2, 0) is 6.54 Å². The lowest BCUT2D eigenvalue weighted by Crippen LogP contribution is -2.37. The first-order valence-corrected chi connectivity index (χ1v) is 8.45. The van der Waals surface area contributed by atoms with Crippen molar-refractivity contribution >= 4 is 35.8 Å². The normalized spacial score (nSPS) is 12.1. The molecule has 1 rings (SSSR count). The van der Waals surface area contributed by atoms with Crippen molar-refractivity contribution in [3.8, 4) is 0 Å². The number of amides is 1. The molecule has 0 spiro atoms. The number of guanidine groups is 1. The Bertz CT molecular complexity index is 502. The summed E-state index contributed by atoms with van der Waals surface area (Å²) in [5.41, 5.74) is 1.81. The van der Waals surface area contributed by atoms with E-state index in [1.807, 2.05) is 31.2 Å². The van der Waals surface area contributed by atoms with Gasteiger partial charge in [-0.05, 0) is 37.5 Å². The highest BCUT2D eigenvalue weighted by Crippen LogP contribution is 2.05. The average molecular weight is 446 g/mol. The van der Waals surface area contributed by atoms with Crippen molar-refractivity contribution in [1.82, 2.24) is 16.0 Å². The van der Waals surface area contributed by atoms with Crippen LogP contribution in [0, 0.1) is 0 Å². The third-order valence-electron chi connectivity index (χ3n) is 3.71. The molecule has 24 heavy (non-hydrogen) atoms. The lowest BCUT2D eigenvalue weighted by atomic mass is 10.1. The Hall–Kier alpha value is -1.31. The lowest BCUT2D eigenvalue weighted by molar-refractivity contribution is 0.0939. The van der Waals surface area contributed by atoms with Gasteiger partial charge in [-0.3, -0.25) is 9.79 Å². The molecule has 0 heterocycles. The van der Waals surface area contributed by atoms with E-state index in [0.29, 0.717) is 12.1 Å². The van der Waals surface area contributed by atoms with Crippen LogP contribution >= 0.6 is 24.0 Å². The van der Waals surface area contributed by atoms with Gasteiger partial charge in [-0.1, -0.05) is 32.4 Å². The van der Waals surface area contributed by atoms with E-state index < -0.39 is 0 Å². The Morgan fingerprint density at radius 3 is 2.38 bits per heavy atom. The summed E-state index contributed by atoms with van der Waals surface area (Å²) < 4.78 is 0. The van der Waals surface area contributed by atoms with E-state index in [1.165, 1.54) is 0 Å². The second-order valence-corrected chi connectivity index (χ2v) is 5.69. The molecule has 0 radical (unpaired) electrons. The SMILES string of the molecule is CCCCNC(=NC)NCc1ccc(C(=O)NC(C)CC)cc1.I. The van der Waals surface area contributed by atoms with Crippen LogP contribution in [0.4, 0.5) is 0 Å². The van der Waals surface area contributed by atoms with Crippen LogP contribution in [0.1, 0.15) is 56.0 Å². The predicted molar refractivity (Wildman–Crippen MR) is 112 cm³/mol. The first kappa shape index (κ1) is 22.7. The minimum Gasteiger partial charge on any atom is -0.356 e. The van der Waals surface area contributed by atoms with E-state index in [9.17, 15) is 4.79 Å². The molecule has 1 amide bonds. The topological polar surface area (TPSA) is 65.5 Å². The van der Waals surface area contributed by atoms with Crippen LogP contribution in [0.3, 0.4) is 0 Å². The van der Waals surface area contributed by atoms with Gasteiger partial charge >= 0.3 is 0 Å². The molecular formula is C18H31IN4O. The number of rotatable bonds is 8. The Labute approximate surface area is 163 Å². The maximum Gasteiger partial charge on any atom is 0.251 e. The van der Waals surface area contributed by atoms with E-state index in [1.54, 1.807) is 7.05 Å². The molecular weight excluding hydrogens is 415 g/mol. The summed E-state index contributed by atoms with van der Waals surface area (Å²) >= 11 is 0. The van der Waals surface area contributed by atoms with Gasteiger partial charge in [0.15, 0.2) is 5.96 Å². The van der Waals surface area contributed by atoms with Crippen LogP contribution in [0.25, 0.3) is 0 Å². The van der Waals surface area contributed by atoms with Crippen LogP contribution < -0.4 is 16.0 Å². The molecule has 0 fully saturated rings. The highest BCUT2D eigenvalue weighted by molar-refractivity contribution is 14.0. The fourth-order valence-electron chi connectivity index (χ4n) is 1.97. The fraction of sp³-hybridized carbons (Fsp3) is 0.556. The van der Waals surface area contributed by atoms with Gasteiger partial charge in [0, 0.05) is 31.7 Å². The van der Waals surface area contributed by atoms with E-state index in [2.05, 4.69) is 34.8 Å². The Morgan fingerprint density at radius 2 is 1.83 bits per heavy atom. The van der Waals surface area contributed by atoms with Gasteiger partial charge in [-0.25, -0.2) is 0 Å². The van der Waals surface area contributed by atoms with Gasteiger partial charge in [0.25, 0.3) is 5.91 Å². The van der Waals surface area contributed by atoms with E-state index in [4.69, 9.17) is 0 Å². The maximum absolute atomic E-state index is 12.0. The monoisotopic (exact) mass is 446 g/mol. The molecule has 6 heteroatoms.